The molecule has 26 heavy (non-hydrogen) atoms. The van der Waals surface area contributed by atoms with Crippen LogP contribution in [0.25, 0.3) is 0 Å². The van der Waals surface area contributed by atoms with E-state index in [-0.39, 0.29) is 17.8 Å². The summed E-state index contributed by atoms with van der Waals surface area (Å²) in [5.41, 5.74) is 2.89. The molecule has 1 fully saturated rings. The number of halogens is 1. The van der Waals surface area contributed by atoms with Crippen LogP contribution in [0, 0.1) is 5.82 Å². The third-order valence-corrected chi connectivity index (χ3v) is 5.37. The Kier molecular flexibility index (Phi) is 4.89. The number of nitrogens with one attached hydrogen (secondary N) is 1. The summed E-state index contributed by atoms with van der Waals surface area (Å²) >= 11 is 0. The molecule has 4 nitrogen and oxygen atoms in total. The van der Waals surface area contributed by atoms with Gasteiger partial charge in [-0.05, 0) is 43.0 Å². The number of nitrogens with zero attached hydrogens (tertiary/aromatic N) is 2. The van der Waals surface area contributed by atoms with Crippen molar-refractivity contribution in [3.05, 3.63) is 59.9 Å². The Balaban J connectivity index is 1.29. The highest BCUT2D eigenvalue weighted by Gasteiger charge is 2.27. The summed E-state index contributed by atoms with van der Waals surface area (Å²) in [6.07, 6.45) is 2.77. The summed E-state index contributed by atoms with van der Waals surface area (Å²) in [6.45, 7) is 2.95. The van der Waals surface area contributed by atoms with Gasteiger partial charge in [0.25, 0.3) is 0 Å². The fourth-order valence-electron chi connectivity index (χ4n) is 3.91. The zero-order chi connectivity index (χ0) is 17.9. The summed E-state index contributed by atoms with van der Waals surface area (Å²) < 4.78 is 13.8. The number of carbonyl (C=O) groups is 1. The van der Waals surface area contributed by atoms with E-state index in [9.17, 15) is 9.18 Å². The lowest BCUT2D eigenvalue weighted by Gasteiger charge is -2.33. The van der Waals surface area contributed by atoms with Gasteiger partial charge in [0, 0.05) is 31.4 Å². The summed E-state index contributed by atoms with van der Waals surface area (Å²) in [5.74, 6) is -0.0340. The second-order valence-corrected chi connectivity index (χ2v) is 7.10. The molecule has 0 aromatic heterocycles. The van der Waals surface area contributed by atoms with E-state index in [1.807, 2.05) is 29.2 Å². The second kappa shape index (κ2) is 7.46. The van der Waals surface area contributed by atoms with Crippen molar-refractivity contribution in [2.75, 3.05) is 36.4 Å². The summed E-state index contributed by atoms with van der Waals surface area (Å²) in [6, 6.07) is 15.2. The number of amides is 1. The van der Waals surface area contributed by atoms with Gasteiger partial charge in [0.15, 0.2) is 0 Å². The molecule has 136 valence electrons. The van der Waals surface area contributed by atoms with Gasteiger partial charge in [-0.15, -0.1) is 0 Å². The van der Waals surface area contributed by atoms with Crippen LogP contribution in [0.1, 0.15) is 18.4 Å². The highest BCUT2D eigenvalue weighted by atomic mass is 19.1. The van der Waals surface area contributed by atoms with E-state index in [2.05, 4.69) is 16.3 Å². The van der Waals surface area contributed by atoms with Gasteiger partial charge in [-0.25, -0.2) is 4.39 Å². The number of likely N-dealkylation sites (tertiary alicyclic amines) is 1. The first-order valence-corrected chi connectivity index (χ1v) is 9.32. The molecule has 2 aliphatic rings. The van der Waals surface area contributed by atoms with Gasteiger partial charge in [0.2, 0.25) is 5.91 Å². The summed E-state index contributed by atoms with van der Waals surface area (Å²) in [5, 5.41) is 3.29. The number of rotatable bonds is 4. The summed E-state index contributed by atoms with van der Waals surface area (Å²) in [7, 11) is 0. The molecule has 0 aliphatic carbocycles. The topological polar surface area (TPSA) is 35.6 Å². The third-order valence-electron chi connectivity index (χ3n) is 5.37. The van der Waals surface area contributed by atoms with E-state index in [0.717, 1.165) is 44.6 Å². The fraction of sp³-hybridized carbons (Fsp3) is 0.381. The smallest absolute Gasteiger partial charge is 0.241 e. The van der Waals surface area contributed by atoms with E-state index in [1.54, 1.807) is 12.1 Å². The molecular formula is C21H24FN3O. The van der Waals surface area contributed by atoms with Crippen molar-refractivity contribution in [1.29, 1.82) is 0 Å². The van der Waals surface area contributed by atoms with Crippen LogP contribution in [0.5, 0.6) is 0 Å². The minimum Gasteiger partial charge on any atom is -0.380 e. The number of hydrogen-bond acceptors (Lipinski definition) is 3. The van der Waals surface area contributed by atoms with E-state index < -0.39 is 0 Å². The predicted octanol–water partition coefficient (Wildman–Crippen LogP) is 3.29. The zero-order valence-corrected chi connectivity index (χ0v) is 14.8. The van der Waals surface area contributed by atoms with Crippen LogP contribution in [0.2, 0.25) is 0 Å². The lowest BCUT2D eigenvalue weighted by atomic mass is 10.0. The van der Waals surface area contributed by atoms with Gasteiger partial charge >= 0.3 is 0 Å². The molecular weight excluding hydrogens is 329 g/mol. The second-order valence-electron chi connectivity index (χ2n) is 7.10. The van der Waals surface area contributed by atoms with Gasteiger partial charge in [-0.3, -0.25) is 9.69 Å². The van der Waals surface area contributed by atoms with Crippen molar-refractivity contribution < 1.29 is 9.18 Å². The molecule has 5 heteroatoms. The van der Waals surface area contributed by atoms with Crippen molar-refractivity contribution in [3.8, 4) is 0 Å². The monoisotopic (exact) mass is 353 g/mol. The molecule has 2 aliphatic heterocycles. The van der Waals surface area contributed by atoms with Crippen LogP contribution in [0.4, 0.5) is 15.8 Å². The van der Waals surface area contributed by atoms with E-state index in [4.69, 9.17) is 0 Å². The molecule has 1 amide bonds. The van der Waals surface area contributed by atoms with Crippen molar-refractivity contribution in [2.45, 2.75) is 25.3 Å². The first kappa shape index (κ1) is 17.0. The Bertz CT molecular complexity index is 786. The number of anilines is 2. The van der Waals surface area contributed by atoms with Crippen LogP contribution in [0.3, 0.4) is 0 Å². The normalized spacial score (nSPS) is 18.0. The quantitative estimate of drug-likeness (QED) is 0.916. The molecule has 1 N–H and O–H groups in total. The lowest BCUT2D eigenvalue weighted by Crippen LogP contribution is -2.45. The third kappa shape index (κ3) is 3.58. The molecule has 1 saturated heterocycles. The Morgan fingerprint density at radius 1 is 1.04 bits per heavy atom. The highest BCUT2D eigenvalue weighted by Crippen LogP contribution is 2.27. The maximum Gasteiger partial charge on any atom is 0.241 e. The number of fused-ring (bicyclic) bond motifs is 1. The van der Waals surface area contributed by atoms with Crippen LogP contribution >= 0.6 is 0 Å². The number of carbonyl (C=O) groups excluding carboxylic acids is 1. The molecule has 0 saturated carbocycles. The van der Waals surface area contributed by atoms with Crippen molar-refractivity contribution in [3.63, 3.8) is 0 Å². The van der Waals surface area contributed by atoms with Crippen molar-refractivity contribution in [1.82, 2.24) is 4.90 Å². The minimum atomic E-state index is -0.210. The standard InChI is InChI=1S/C21H24FN3O/c22-18-6-2-3-7-19(18)23-17-10-12-24(13-11-17)15-21(26)25-14-9-16-5-1-4-8-20(16)25/h1-8,17,23H,9-15H2. The number of benzene rings is 2. The lowest BCUT2D eigenvalue weighted by molar-refractivity contribution is -0.119. The number of piperidine rings is 1. The Labute approximate surface area is 153 Å². The highest BCUT2D eigenvalue weighted by molar-refractivity contribution is 5.96. The van der Waals surface area contributed by atoms with Gasteiger partial charge < -0.3 is 10.2 Å². The molecule has 4 rings (SSSR count). The molecule has 0 radical (unpaired) electrons. The largest absolute Gasteiger partial charge is 0.380 e. The Morgan fingerprint density at radius 2 is 1.77 bits per heavy atom. The molecule has 0 spiro atoms. The Hall–Kier alpha value is -2.40. The van der Waals surface area contributed by atoms with Gasteiger partial charge in [0.1, 0.15) is 5.82 Å². The first-order valence-electron chi connectivity index (χ1n) is 9.32. The van der Waals surface area contributed by atoms with E-state index >= 15 is 0 Å². The molecule has 2 heterocycles. The zero-order valence-electron chi connectivity index (χ0n) is 14.8. The average molecular weight is 353 g/mol. The molecule has 0 unspecified atom stereocenters. The van der Waals surface area contributed by atoms with Gasteiger partial charge in [0.05, 0.1) is 12.2 Å². The van der Waals surface area contributed by atoms with Crippen LogP contribution < -0.4 is 10.2 Å². The Morgan fingerprint density at radius 3 is 2.58 bits per heavy atom. The van der Waals surface area contributed by atoms with Crippen LogP contribution in [-0.4, -0.2) is 43.0 Å². The maximum atomic E-state index is 13.8. The van der Waals surface area contributed by atoms with Crippen molar-refractivity contribution in [2.24, 2.45) is 0 Å². The van der Waals surface area contributed by atoms with Crippen LogP contribution in [-0.2, 0) is 11.2 Å². The average Bonchev–Trinajstić information content (AvgIpc) is 3.09. The number of hydrogen-bond donors (Lipinski definition) is 1. The van der Waals surface area contributed by atoms with E-state index in [1.165, 1.54) is 11.6 Å². The first-order chi connectivity index (χ1) is 12.7. The van der Waals surface area contributed by atoms with Gasteiger partial charge in [-0.1, -0.05) is 30.3 Å². The SMILES string of the molecule is O=C(CN1CCC(Nc2ccccc2F)CC1)N1CCc2ccccc21. The molecule has 2 aromatic carbocycles. The maximum absolute atomic E-state index is 13.8. The van der Waals surface area contributed by atoms with E-state index in [0.29, 0.717) is 12.2 Å². The molecule has 0 bridgehead atoms. The minimum absolute atomic E-state index is 0.176. The predicted molar refractivity (Wildman–Crippen MR) is 102 cm³/mol. The molecule has 0 atom stereocenters. The summed E-state index contributed by atoms with van der Waals surface area (Å²) in [4.78, 5) is 16.8. The van der Waals surface area contributed by atoms with Crippen LogP contribution in [0.15, 0.2) is 48.5 Å². The van der Waals surface area contributed by atoms with Gasteiger partial charge in [-0.2, -0.15) is 0 Å². The fourth-order valence-corrected chi connectivity index (χ4v) is 3.91. The van der Waals surface area contributed by atoms with Crippen molar-refractivity contribution >= 4 is 17.3 Å². The number of para-hydroxylation sites is 2. The molecule has 2 aromatic rings.